The first-order valence-corrected chi connectivity index (χ1v) is 9.45. The van der Waals surface area contributed by atoms with E-state index in [1.54, 1.807) is 14.0 Å². The molecule has 1 saturated heterocycles. The number of Topliss-reactive ketones (excluding diaryl/α,β-unsaturated/α-hetero) is 1. The van der Waals surface area contributed by atoms with Crippen LogP contribution in [0.25, 0.3) is 0 Å². The zero-order valence-electron chi connectivity index (χ0n) is 14.8. The van der Waals surface area contributed by atoms with Crippen LogP contribution in [0, 0.1) is 23.7 Å². The van der Waals surface area contributed by atoms with Crippen molar-refractivity contribution in [2.24, 2.45) is 23.7 Å². The molecule has 0 aromatic heterocycles. The molecule has 3 fully saturated rings. The molecule has 132 valence electrons. The molecule has 2 bridgehead atoms. The molecule has 0 amide bonds. The minimum absolute atomic E-state index is 0.0821. The third kappa shape index (κ3) is 1.88. The molecule has 1 heterocycles. The number of hydrogen-bond acceptors (Lipinski definition) is 4. The van der Waals surface area contributed by atoms with E-state index in [-0.39, 0.29) is 29.5 Å². The van der Waals surface area contributed by atoms with E-state index in [9.17, 15) is 9.59 Å². The molecule has 2 saturated carbocycles. The summed E-state index contributed by atoms with van der Waals surface area (Å²) in [4.78, 5) is 25.0. The number of ketones is 1. The lowest BCUT2D eigenvalue weighted by atomic mass is 9.55. The lowest BCUT2D eigenvalue weighted by Gasteiger charge is -2.47. The molecule has 3 aliphatic carbocycles. The quantitative estimate of drug-likeness (QED) is 0.776. The van der Waals surface area contributed by atoms with E-state index in [2.05, 4.69) is 12.1 Å². The van der Waals surface area contributed by atoms with Crippen molar-refractivity contribution < 1.29 is 19.1 Å². The van der Waals surface area contributed by atoms with Gasteiger partial charge >= 0.3 is 5.97 Å². The second-order valence-electron chi connectivity index (χ2n) is 8.33. The van der Waals surface area contributed by atoms with Gasteiger partial charge in [0.05, 0.1) is 18.9 Å². The lowest BCUT2D eigenvalue weighted by molar-refractivity contribution is -0.158. The van der Waals surface area contributed by atoms with Crippen LogP contribution in [0.5, 0.6) is 5.75 Å². The Morgan fingerprint density at radius 3 is 2.88 bits per heavy atom. The van der Waals surface area contributed by atoms with E-state index in [1.807, 2.05) is 6.07 Å². The van der Waals surface area contributed by atoms with Crippen molar-refractivity contribution >= 4 is 11.8 Å². The van der Waals surface area contributed by atoms with Crippen molar-refractivity contribution in [3.63, 3.8) is 0 Å². The highest BCUT2D eigenvalue weighted by atomic mass is 16.6. The highest BCUT2D eigenvalue weighted by molar-refractivity contribution is 5.84. The molecule has 5 rings (SSSR count). The van der Waals surface area contributed by atoms with Crippen LogP contribution < -0.4 is 4.74 Å². The van der Waals surface area contributed by atoms with Crippen LogP contribution >= 0.6 is 0 Å². The Labute approximate surface area is 147 Å². The van der Waals surface area contributed by atoms with Gasteiger partial charge in [-0.25, -0.2) is 0 Å². The summed E-state index contributed by atoms with van der Waals surface area (Å²) in [7, 11) is 1.69. The average molecular weight is 340 g/mol. The number of aryl methyl sites for hydroxylation is 1. The minimum Gasteiger partial charge on any atom is -0.497 e. The molecule has 4 heteroatoms. The lowest BCUT2D eigenvalue weighted by Crippen LogP contribution is -2.50. The first-order valence-electron chi connectivity index (χ1n) is 9.45. The molecule has 4 aliphatic rings. The van der Waals surface area contributed by atoms with Gasteiger partial charge in [-0.2, -0.15) is 0 Å². The van der Waals surface area contributed by atoms with Gasteiger partial charge in [0.15, 0.2) is 0 Å². The largest absolute Gasteiger partial charge is 0.497 e. The molecule has 1 aliphatic heterocycles. The fraction of sp³-hybridized carbons (Fsp3) is 0.619. The van der Waals surface area contributed by atoms with Gasteiger partial charge in [-0.3, -0.25) is 9.59 Å². The summed E-state index contributed by atoms with van der Waals surface area (Å²) < 4.78 is 11.5. The van der Waals surface area contributed by atoms with E-state index < -0.39 is 5.60 Å². The standard InChI is InChI=1S/C21H24O4/c1-11(22)17-7-8-18-14-6-4-12-3-5-13(24-2)9-15(12)19(14)16-10-21(17,18)25-20(16)23/h3,5,9,14,16-19H,4,6-8,10H2,1-2H3/t14-,16-,17-,18-,19-,21-/m0/s1. The Morgan fingerprint density at radius 1 is 1.28 bits per heavy atom. The van der Waals surface area contributed by atoms with Crippen molar-refractivity contribution in [3.05, 3.63) is 29.3 Å². The zero-order chi connectivity index (χ0) is 17.3. The molecule has 0 N–H and O–H groups in total. The van der Waals surface area contributed by atoms with E-state index in [0.29, 0.717) is 11.8 Å². The SMILES string of the molecule is COc1ccc2c(c1)[C@@H]1[C@@H](CC2)[C@@H]2CC[C@@H](C(C)=O)[C@@]23C[C@@H]1C(=O)O3. The summed E-state index contributed by atoms with van der Waals surface area (Å²) >= 11 is 0. The number of rotatable bonds is 2. The fourth-order valence-corrected chi connectivity index (χ4v) is 6.60. The minimum atomic E-state index is -0.509. The number of esters is 1. The maximum atomic E-state index is 12.8. The summed E-state index contributed by atoms with van der Waals surface area (Å²) in [6, 6.07) is 6.29. The predicted molar refractivity (Wildman–Crippen MR) is 91.4 cm³/mol. The number of hydrogen-bond donors (Lipinski definition) is 0. The third-order valence-electron chi connectivity index (χ3n) is 7.48. The Balaban J connectivity index is 1.62. The Kier molecular flexibility index (Phi) is 3.14. The highest BCUT2D eigenvalue weighted by Crippen LogP contribution is 2.65. The summed E-state index contributed by atoms with van der Waals surface area (Å²) in [5.74, 6) is 1.75. The van der Waals surface area contributed by atoms with Gasteiger partial charge in [0.2, 0.25) is 0 Å². The molecule has 0 radical (unpaired) electrons. The monoisotopic (exact) mass is 340 g/mol. The number of ether oxygens (including phenoxy) is 2. The molecule has 6 atom stereocenters. The first-order chi connectivity index (χ1) is 12.0. The number of benzene rings is 1. The summed E-state index contributed by atoms with van der Waals surface area (Å²) in [5.41, 5.74) is 2.11. The zero-order valence-corrected chi connectivity index (χ0v) is 14.8. The van der Waals surface area contributed by atoms with Crippen molar-refractivity contribution in [3.8, 4) is 5.75 Å². The second kappa shape index (κ2) is 5.09. The molecular weight excluding hydrogens is 316 g/mol. The van der Waals surface area contributed by atoms with E-state index in [1.165, 1.54) is 11.1 Å². The second-order valence-corrected chi connectivity index (χ2v) is 8.33. The molecule has 0 unspecified atom stereocenters. The average Bonchev–Trinajstić information content (AvgIpc) is 3.12. The summed E-state index contributed by atoms with van der Waals surface area (Å²) in [6.45, 7) is 1.66. The van der Waals surface area contributed by atoms with Gasteiger partial charge in [0.25, 0.3) is 0 Å². The normalized spacial score (nSPS) is 40.7. The Bertz CT molecular complexity index is 769. The van der Waals surface area contributed by atoms with Crippen molar-refractivity contribution in [2.75, 3.05) is 7.11 Å². The molecule has 1 spiro atoms. The smallest absolute Gasteiger partial charge is 0.310 e. The van der Waals surface area contributed by atoms with Crippen LogP contribution in [0.15, 0.2) is 18.2 Å². The maximum Gasteiger partial charge on any atom is 0.310 e. The summed E-state index contributed by atoms with van der Waals surface area (Å²) in [5, 5.41) is 0. The van der Waals surface area contributed by atoms with Crippen LogP contribution in [-0.4, -0.2) is 24.5 Å². The molecule has 25 heavy (non-hydrogen) atoms. The van der Waals surface area contributed by atoms with Crippen molar-refractivity contribution in [2.45, 2.75) is 50.5 Å². The third-order valence-corrected chi connectivity index (χ3v) is 7.48. The molecular formula is C21H24O4. The van der Waals surface area contributed by atoms with Crippen LogP contribution in [-0.2, 0) is 20.7 Å². The number of methoxy groups -OCH3 is 1. The van der Waals surface area contributed by atoms with Crippen molar-refractivity contribution in [1.29, 1.82) is 0 Å². The van der Waals surface area contributed by atoms with Crippen LogP contribution in [0.3, 0.4) is 0 Å². The molecule has 1 aromatic rings. The van der Waals surface area contributed by atoms with Crippen molar-refractivity contribution in [1.82, 2.24) is 0 Å². The topological polar surface area (TPSA) is 52.6 Å². The van der Waals surface area contributed by atoms with Gasteiger partial charge in [0.1, 0.15) is 17.1 Å². The number of carbonyl (C=O) groups is 2. The summed E-state index contributed by atoms with van der Waals surface area (Å²) in [6.07, 6.45) is 4.73. The number of fused-ring (bicyclic) bond motifs is 6. The van der Waals surface area contributed by atoms with E-state index in [4.69, 9.17) is 9.47 Å². The van der Waals surface area contributed by atoms with Gasteiger partial charge < -0.3 is 9.47 Å². The Hall–Kier alpha value is -1.84. The van der Waals surface area contributed by atoms with Gasteiger partial charge in [-0.15, -0.1) is 0 Å². The van der Waals surface area contributed by atoms with Gasteiger partial charge in [-0.05, 0) is 61.8 Å². The van der Waals surface area contributed by atoms with Gasteiger partial charge in [-0.1, -0.05) is 6.07 Å². The maximum absolute atomic E-state index is 12.8. The highest BCUT2D eigenvalue weighted by Gasteiger charge is 2.68. The van der Waals surface area contributed by atoms with Gasteiger partial charge in [0, 0.05) is 18.3 Å². The fourth-order valence-electron chi connectivity index (χ4n) is 6.60. The van der Waals surface area contributed by atoms with Crippen LogP contribution in [0.1, 0.15) is 49.7 Å². The van der Waals surface area contributed by atoms with Crippen LogP contribution in [0.2, 0.25) is 0 Å². The van der Waals surface area contributed by atoms with Crippen LogP contribution in [0.4, 0.5) is 0 Å². The number of carbonyl (C=O) groups excluding carboxylic acids is 2. The predicted octanol–water partition coefficient (Wildman–Crippen LogP) is 3.27. The van der Waals surface area contributed by atoms with E-state index >= 15 is 0 Å². The van der Waals surface area contributed by atoms with E-state index in [0.717, 1.165) is 37.9 Å². The molecule has 1 aromatic carbocycles. The Morgan fingerprint density at radius 2 is 2.12 bits per heavy atom. The first kappa shape index (κ1) is 15.4. The molecule has 4 nitrogen and oxygen atoms in total.